The summed E-state index contributed by atoms with van der Waals surface area (Å²) >= 11 is 0. The van der Waals surface area contributed by atoms with Gasteiger partial charge in [-0.05, 0) is 13.0 Å². The highest BCUT2D eigenvalue weighted by Gasteiger charge is 2.13. The molecule has 0 saturated heterocycles. The van der Waals surface area contributed by atoms with Crippen LogP contribution in [0.2, 0.25) is 0 Å². The number of hydrogen-bond donors (Lipinski definition) is 3. The van der Waals surface area contributed by atoms with Crippen molar-refractivity contribution in [1.29, 1.82) is 0 Å². The van der Waals surface area contributed by atoms with E-state index in [1.54, 1.807) is 13.0 Å². The SMILES string of the molecule is Cc1cc(C(=O)NC(CO)CO)co1. The first-order valence-electron chi connectivity index (χ1n) is 4.25. The summed E-state index contributed by atoms with van der Waals surface area (Å²) in [7, 11) is 0. The third-order valence-electron chi connectivity index (χ3n) is 1.77. The molecule has 0 atom stereocenters. The van der Waals surface area contributed by atoms with Crippen molar-refractivity contribution in [1.82, 2.24) is 5.32 Å². The Morgan fingerprint density at radius 2 is 2.21 bits per heavy atom. The Bertz CT molecular complexity index is 304. The number of aryl methyl sites for hydroxylation is 1. The van der Waals surface area contributed by atoms with Gasteiger partial charge in [-0.3, -0.25) is 4.79 Å². The van der Waals surface area contributed by atoms with Crippen LogP contribution in [0.25, 0.3) is 0 Å². The largest absolute Gasteiger partial charge is 0.469 e. The van der Waals surface area contributed by atoms with E-state index >= 15 is 0 Å². The number of aliphatic hydroxyl groups is 2. The number of aliphatic hydroxyl groups excluding tert-OH is 2. The maximum atomic E-state index is 11.4. The smallest absolute Gasteiger partial charge is 0.254 e. The van der Waals surface area contributed by atoms with E-state index in [1.807, 2.05) is 0 Å². The predicted molar refractivity (Wildman–Crippen MR) is 48.9 cm³/mol. The van der Waals surface area contributed by atoms with Crippen LogP contribution in [0.5, 0.6) is 0 Å². The van der Waals surface area contributed by atoms with Crippen molar-refractivity contribution in [2.45, 2.75) is 13.0 Å². The molecule has 1 aromatic heterocycles. The second-order valence-electron chi connectivity index (χ2n) is 2.98. The van der Waals surface area contributed by atoms with E-state index in [1.165, 1.54) is 6.26 Å². The predicted octanol–water partition coefficient (Wildman–Crippen LogP) is -0.329. The van der Waals surface area contributed by atoms with Gasteiger partial charge in [-0.15, -0.1) is 0 Å². The summed E-state index contributed by atoms with van der Waals surface area (Å²) in [5, 5.41) is 19.9. The molecule has 5 heteroatoms. The summed E-state index contributed by atoms with van der Waals surface area (Å²) in [6.45, 7) is 1.14. The Morgan fingerprint density at radius 1 is 1.57 bits per heavy atom. The molecule has 0 saturated carbocycles. The molecular weight excluding hydrogens is 186 g/mol. The summed E-state index contributed by atoms with van der Waals surface area (Å²) in [5.74, 6) is 0.273. The van der Waals surface area contributed by atoms with E-state index < -0.39 is 6.04 Å². The Morgan fingerprint density at radius 3 is 2.64 bits per heavy atom. The second kappa shape index (κ2) is 4.78. The highest BCUT2D eigenvalue weighted by atomic mass is 16.3. The summed E-state index contributed by atoms with van der Waals surface area (Å²) in [6.07, 6.45) is 1.33. The first-order chi connectivity index (χ1) is 6.67. The van der Waals surface area contributed by atoms with Gasteiger partial charge < -0.3 is 19.9 Å². The molecule has 0 aliphatic rings. The first kappa shape index (κ1) is 10.7. The zero-order chi connectivity index (χ0) is 10.6. The summed E-state index contributed by atoms with van der Waals surface area (Å²) < 4.78 is 4.95. The molecule has 0 aliphatic heterocycles. The number of amides is 1. The number of carbonyl (C=O) groups is 1. The Kier molecular flexibility index (Phi) is 3.67. The van der Waals surface area contributed by atoms with Gasteiger partial charge in [0.2, 0.25) is 0 Å². The normalized spacial score (nSPS) is 10.6. The zero-order valence-corrected chi connectivity index (χ0v) is 7.86. The fraction of sp³-hybridized carbons (Fsp3) is 0.444. The average Bonchev–Trinajstić information content (AvgIpc) is 2.61. The van der Waals surface area contributed by atoms with Crippen molar-refractivity contribution in [2.24, 2.45) is 0 Å². The third-order valence-corrected chi connectivity index (χ3v) is 1.77. The summed E-state index contributed by atoms with van der Waals surface area (Å²) in [5.41, 5.74) is 0.384. The van der Waals surface area contributed by atoms with Gasteiger partial charge in [0, 0.05) is 0 Å². The molecule has 0 spiro atoms. The molecule has 0 bridgehead atoms. The van der Waals surface area contributed by atoms with Gasteiger partial charge in [0.15, 0.2) is 0 Å². The van der Waals surface area contributed by atoms with Crippen molar-refractivity contribution in [3.63, 3.8) is 0 Å². The average molecular weight is 199 g/mol. The van der Waals surface area contributed by atoms with E-state index in [4.69, 9.17) is 14.6 Å². The van der Waals surface area contributed by atoms with Crippen LogP contribution in [0.15, 0.2) is 16.7 Å². The molecule has 1 heterocycles. The minimum atomic E-state index is -0.627. The molecule has 1 amide bonds. The monoisotopic (exact) mass is 199 g/mol. The fourth-order valence-corrected chi connectivity index (χ4v) is 0.980. The van der Waals surface area contributed by atoms with Crippen LogP contribution in [0.4, 0.5) is 0 Å². The molecule has 0 fully saturated rings. The van der Waals surface area contributed by atoms with Gasteiger partial charge in [-0.25, -0.2) is 0 Å². The van der Waals surface area contributed by atoms with Crippen LogP contribution in [0, 0.1) is 6.92 Å². The zero-order valence-electron chi connectivity index (χ0n) is 7.86. The molecule has 5 nitrogen and oxygen atoms in total. The van der Waals surface area contributed by atoms with Crippen molar-refractivity contribution in [3.05, 3.63) is 23.7 Å². The summed E-state index contributed by atoms with van der Waals surface area (Å²) in [6, 6.07) is 0.957. The Labute approximate surface area is 81.4 Å². The van der Waals surface area contributed by atoms with Crippen LogP contribution in [-0.4, -0.2) is 35.4 Å². The Balaban J connectivity index is 2.58. The van der Waals surface area contributed by atoms with E-state index in [2.05, 4.69) is 5.32 Å². The molecule has 1 aromatic rings. The van der Waals surface area contributed by atoms with Gasteiger partial charge in [0.25, 0.3) is 5.91 Å². The number of nitrogens with one attached hydrogen (secondary N) is 1. The van der Waals surface area contributed by atoms with Gasteiger partial charge in [0.05, 0.1) is 24.8 Å². The van der Waals surface area contributed by atoms with Crippen LogP contribution in [0.3, 0.4) is 0 Å². The molecule has 14 heavy (non-hydrogen) atoms. The molecule has 3 N–H and O–H groups in total. The van der Waals surface area contributed by atoms with E-state index in [-0.39, 0.29) is 19.1 Å². The van der Waals surface area contributed by atoms with Crippen LogP contribution in [-0.2, 0) is 0 Å². The van der Waals surface area contributed by atoms with Gasteiger partial charge in [-0.2, -0.15) is 0 Å². The summed E-state index contributed by atoms with van der Waals surface area (Å²) in [4.78, 5) is 11.4. The number of furan rings is 1. The van der Waals surface area contributed by atoms with Crippen molar-refractivity contribution >= 4 is 5.91 Å². The molecule has 78 valence electrons. The topological polar surface area (TPSA) is 82.7 Å². The maximum Gasteiger partial charge on any atom is 0.254 e. The van der Waals surface area contributed by atoms with E-state index in [0.29, 0.717) is 11.3 Å². The number of carbonyl (C=O) groups excluding carboxylic acids is 1. The minimum absolute atomic E-state index is 0.293. The minimum Gasteiger partial charge on any atom is -0.469 e. The van der Waals surface area contributed by atoms with Gasteiger partial charge in [0.1, 0.15) is 12.0 Å². The molecular formula is C9H13NO4. The number of rotatable bonds is 4. The van der Waals surface area contributed by atoms with Gasteiger partial charge in [-0.1, -0.05) is 0 Å². The maximum absolute atomic E-state index is 11.4. The van der Waals surface area contributed by atoms with Gasteiger partial charge >= 0.3 is 0 Å². The molecule has 0 radical (unpaired) electrons. The van der Waals surface area contributed by atoms with Crippen LogP contribution in [0.1, 0.15) is 16.1 Å². The lowest BCUT2D eigenvalue weighted by Gasteiger charge is -2.11. The lowest BCUT2D eigenvalue weighted by atomic mass is 10.2. The quantitative estimate of drug-likeness (QED) is 0.620. The molecule has 1 rings (SSSR count). The third kappa shape index (κ3) is 2.58. The van der Waals surface area contributed by atoms with Crippen LogP contribution < -0.4 is 5.32 Å². The second-order valence-corrected chi connectivity index (χ2v) is 2.98. The number of hydrogen-bond acceptors (Lipinski definition) is 4. The Hall–Kier alpha value is -1.33. The molecule has 0 unspecified atom stereocenters. The molecule has 0 aromatic carbocycles. The van der Waals surface area contributed by atoms with Crippen molar-refractivity contribution < 1.29 is 19.4 Å². The highest BCUT2D eigenvalue weighted by molar-refractivity contribution is 5.94. The molecule has 0 aliphatic carbocycles. The van der Waals surface area contributed by atoms with Crippen molar-refractivity contribution in [3.8, 4) is 0 Å². The van der Waals surface area contributed by atoms with Crippen molar-refractivity contribution in [2.75, 3.05) is 13.2 Å². The van der Waals surface area contributed by atoms with E-state index in [9.17, 15) is 4.79 Å². The van der Waals surface area contributed by atoms with Crippen LogP contribution >= 0.6 is 0 Å². The fourth-order valence-electron chi connectivity index (χ4n) is 0.980. The lowest BCUT2D eigenvalue weighted by molar-refractivity contribution is 0.0879. The first-order valence-corrected chi connectivity index (χ1v) is 4.25. The standard InChI is InChI=1S/C9H13NO4/c1-6-2-7(5-14-6)9(13)10-8(3-11)4-12/h2,5,8,11-12H,3-4H2,1H3,(H,10,13). The highest BCUT2D eigenvalue weighted by Crippen LogP contribution is 2.05. The lowest BCUT2D eigenvalue weighted by Crippen LogP contribution is -2.39. The van der Waals surface area contributed by atoms with E-state index in [0.717, 1.165) is 0 Å².